The number of hydrogen-bond donors (Lipinski definition) is 4. The molecule has 1 saturated carbocycles. The summed E-state index contributed by atoms with van der Waals surface area (Å²) in [5.74, 6) is 6.28. The van der Waals surface area contributed by atoms with E-state index < -0.39 is 8.38 Å². The van der Waals surface area contributed by atoms with Crippen LogP contribution in [-0.2, 0) is 91.4 Å². The Morgan fingerprint density at radius 3 is 1.98 bits per heavy atom. The van der Waals surface area contributed by atoms with Gasteiger partial charge in [0.1, 0.15) is 12.1 Å². The molecule has 1 aliphatic carbocycles. The van der Waals surface area contributed by atoms with E-state index in [1.165, 1.54) is 38.8 Å². The van der Waals surface area contributed by atoms with E-state index in [0.717, 1.165) is 43.8 Å². The van der Waals surface area contributed by atoms with Crippen molar-refractivity contribution in [2.75, 3.05) is 152 Å². The van der Waals surface area contributed by atoms with Crippen molar-refractivity contribution in [1.29, 1.82) is 0 Å². The van der Waals surface area contributed by atoms with Crippen LogP contribution >= 0.6 is 8.38 Å². The van der Waals surface area contributed by atoms with E-state index in [0.29, 0.717) is 129 Å². The zero-order valence-corrected chi connectivity index (χ0v) is 42.0. The Labute approximate surface area is 406 Å². The molecule has 4 heterocycles. The van der Waals surface area contributed by atoms with Gasteiger partial charge in [0, 0.05) is 71.4 Å². The van der Waals surface area contributed by atoms with Gasteiger partial charge in [-0.2, -0.15) is 5.10 Å². The molecule has 3 fully saturated rings. The number of aromatic nitrogens is 2. The van der Waals surface area contributed by atoms with Crippen molar-refractivity contribution in [3.05, 3.63) is 17.2 Å². The molecule has 0 amide bonds. The average Bonchev–Trinajstić information content (AvgIpc) is 4.00. The van der Waals surface area contributed by atoms with E-state index in [-0.39, 0.29) is 58.0 Å². The summed E-state index contributed by atoms with van der Waals surface area (Å²) < 4.78 is 62.8. The van der Waals surface area contributed by atoms with Crippen LogP contribution in [0.1, 0.15) is 63.7 Å². The number of ether oxygens (including phenoxy) is 11. The van der Waals surface area contributed by atoms with Crippen LogP contribution in [0.15, 0.2) is 16.3 Å². The van der Waals surface area contributed by atoms with Gasteiger partial charge in [-0.1, -0.05) is 6.92 Å². The molecule has 1 spiro atoms. The molecule has 1 radical (unpaired) electrons. The largest absolute Gasteiger partial charge is 0.397 e. The van der Waals surface area contributed by atoms with Crippen molar-refractivity contribution in [3.63, 3.8) is 0 Å². The molecule has 3 aliphatic heterocycles. The average molecular weight is 1010 g/mol. The number of nitrogens with two attached hydrogens (primary N) is 1. The van der Waals surface area contributed by atoms with Crippen LogP contribution in [0.2, 0.25) is 0 Å². The van der Waals surface area contributed by atoms with Gasteiger partial charge in [-0.3, -0.25) is 15.1 Å². The molecule has 2 unspecified atom stereocenters. The van der Waals surface area contributed by atoms with Crippen LogP contribution in [-0.4, -0.2) is 201 Å². The minimum absolute atomic E-state index is 0. The number of rotatable bonds is 35. The normalized spacial score (nSPS) is 19.8. The molecule has 1 aromatic heterocycles. The Morgan fingerprint density at radius 2 is 1.42 bits per heavy atom. The molecule has 5 N–H and O–H groups in total. The fourth-order valence-electron chi connectivity index (χ4n) is 7.14. The number of nitrogens with zero attached hydrogens (tertiary/aromatic N) is 6. The molecule has 367 valence electrons. The first-order chi connectivity index (χ1) is 30.9. The van der Waals surface area contributed by atoms with Crippen molar-refractivity contribution in [2.45, 2.75) is 76.9 Å². The summed E-state index contributed by atoms with van der Waals surface area (Å²) in [5.41, 5.74) is 6.67. The molecule has 5 rings (SSSR count). The summed E-state index contributed by atoms with van der Waals surface area (Å²) in [6, 6.07) is 0. The van der Waals surface area contributed by atoms with E-state index in [4.69, 9.17) is 67.7 Å². The summed E-state index contributed by atoms with van der Waals surface area (Å²) >= 11 is 0. The standard InChI is InChI=1S/C30H58N4O9.C11H18N4O4P.Y/c1-2-8-35-10-12-37-14-15-38-13-11-36-9-7-32-24-28(34-31)25-42-21-20-40-17-16-39-18-19-41-22-23-43-29-3-5-30(6-4-29)26-33-27-30;1-14-5-8-4-12-15(11(8)13-14)10-3-2-9(19-10)6-18-7-20(16)17;/h24,29,33H,2-23,25-27,31H2,1H3;4,9-10,16-17H,2-3,5-7H2,1H3;/q;-1;/b32-24?,34-28+;;. The third-order valence-corrected chi connectivity index (χ3v) is 11.0. The fraction of sp³-hybridized carbons (Fsp3) is 0.878. The van der Waals surface area contributed by atoms with Crippen LogP contribution in [0, 0.1) is 5.41 Å². The Morgan fingerprint density at radius 1 is 0.844 bits per heavy atom. The SMILES string of the molecule is CCCOCCOCCOCCOCCN=C/C(COCCOCCOCCOCCOC1CCC2(CC1)CNC2)=N\N.CN1Cc2cnn(C3CCC(COCP(O)O)O3)c2[N-]1.[Y]. The van der Waals surface area contributed by atoms with E-state index in [1.807, 2.05) is 22.9 Å². The zero-order valence-electron chi connectivity index (χ0n) is 38.3. The molecular weight excluding hydrogens is 932 g/mol. The van der Waals surface area contributed by atoms with Gasteiger partial charge in [0.15, 0.2) is 8.38 Å². The molecule has 0 bridgehead atoms. The molecule has 2 atom stereocenters. The molecular formula is C41H76N8O13PY-. The summed E-state index contributed by atoms with van der Waals surface area (Å²) in [4.78, 5) is 21.8. The van der Waals surface area contributed by atoms with Gasteiger partial charge in [-0.05, 0) is 68.8 Å². The monoisotopic (exact) mass is 1010 g/mol. The van der Waals surface area contributed by atoms with Crippen molar-refractivity contribution < 1.29 is 94.6 Å². The molecule has 2 saturated heterocycles. The van der Waals surface area contributed by atoms with Gasteiger partial charge < -0.3 is 83.2 Å². The van der Waals surface area contributed by atoms with Gasteiger partial charge >= 0.3 is 0 Å². The molecule has 21 nitrogen and oxygen atoms in total. The van der Waals surface area contributed by atoms with E-state index >= 15 is 0 Å². The molecule has 0 aromatic carbocycles. The van der Waals surface area contributed by atoms with Crippen LogP contribution in [0.5, 0.6) is 0 Å². The maximum atomic E-state index is 8.78. The smallest absolute Gasteiger partial charge is 0.192 e. The van der Waals surface area contributed by atoms with Crippen LogP contribution in [0.25, 0.3) is 5.43 Å². The minimum Gasteiger partial charge on any atom is -0.397 e. The van der Waals surface area contributed by atoms with Crippen molar-refractivity contribution in [2.24, 2.45) is 21.4 Å². The second-order valence-electron chi connectivity index (χ2n) is 15.7. The minimum atomic E-state index is -1.99. The van der Waals surface area contributed by atoms with Crippen LogP contribution in [0.4, 0.5) is 5.82 Å². The Bertz CT molecular complexity index is 1360. The van der Waals surface area contributed by atoms with E-state index in [9.17, 15) is 0 Å². The molecule has 1 aromatic rings. The summed E-state index contributed by atoms with van der Waals surface area (Å²) in [7, 11) is -0.0636. The summed E-state index contributed by atoms with van der Waals surface area (Å²) in [5, 5.41) is 13.3. The Balaban J connectivity index is 0.000000428. The molecule has 64 heavy (non-hydrogen) atoms. The topological polar surface area (TPSA) is 240 Å². The molecule has 23 heteroatoms. The van der Waals surface area contributed by atoms with Gasteiger partial charge in [0.2, 0.25) is 0 Å². The first-order valence-corrected chi connectivity index (χ1v) is 23.9. The van der Waals surface area contributed by atoms with E-state index in [1.54, 1.807) is 6.21 Å². The van der Waals surface area contributed by atoms with Crippen LogP contribution < -0.4 is 11.2 Å². The van der Waals surface area contributed by atoms with Gasteiger partial charge in [0.25, 0.3) is 0 Å². The maximum absolute atomic E-state index is 8.78. The van der Waals surface area contributed by atoms with Crippen LogP contribution in [0.3, 0.4) is 0 Å². The number of nitrogens with one attached hydrogen (secondary N) is 1. The predicted octanol–water partition coefficient (Wildman–Crippen LogP) is 2.66. The quantitative estimate of drug-likeness (QED) is 0.0251. The second kappa shape index (κ2) is 36.1. The number of hydrazone groups is 1. The number of hydrogen-bond acceptors (Lipinski definition) is 19. The van der Waals surface area contributed by atoms with Crippen molar-refractivity contribution in [1.82, 2.24) is 20.1 Å². The first kappa shape index (κ1) is 57.4. The summed E-state index contributed by atoms with van der Waals surface area (Å²) in [6.45, 7) is 15.2. The van der Waals surface area contributed by atoms with Gasteiger partial charge in [-0.15, -0.1) is 0 Å². The third-order valence-electron chi connectivity index (χ3n) is 10.6. The van der Waals surface area contributed by atoms with Crippen molar-refractivity contribution >= 4 is 26.1 Å². The Kier molecular flexibility index (Phi) is 32.4. The van der Waals surface area contributed by atoms with Crippen molar-refractivity contribution in [3.8, 4) is 0 Å². The number of aliphatic imine (C=N–C) groups is 1. The van der Waals surface area contributed by atoms with Gasteiger partial charge in [-0.25, -0.2) is 0 Å². The van der Waals surface area contributed by atoms with Gasteiger partial charge in [0.05, 0.1) is 137 Å². The first-order valence-electron chi connectivity index (χ1n) is 22.5. The van der Waals surface area contributed by atoms with E-state index in [2.05, 4.69) is 32.9 Å². The summed E-state index contributed by atoms with van der Waals surface area (Å²) in [6.07, 6.45) is 11.3. The maximum Gasteiger partial charge on any atom is 0.192 e. The predicted molar refractivity (Wildman–Crippen MR) is 237 cm³/mol. The number of fused-ring (bicyclic) bond motifs is 1. The fourth-order valence-corrected chi connectivity index (χ4v) is 7.40. The Hall–Kier alpha value is -0.916. The second-order valence-corrected chi connectivity index (χ2v) is 16.7. The zero-order chi connectivity index (χ0) is 44.6. The molecule has 4 aliphatic rings. The third kappa shape index (κ3) is 24.4.